The smallest absolute Gasteiger partial charge is 0.299 e. The van der Waals surface area contributed by atoms with Crippen LogP contribution < -0.4 is 4.57 Å². The number of hydrogen-bond acceptors (Lipinski definition) is 1. The fourth-order valence-corrected chi connectivity index (χ4v) is 7.66. The van der Waals surface area contributed by atoms with Gasteiger partial charge in [0.15, 0.2) is 16.6 Å². The molecular weight excluding hydrogens is 597 g/mol. The maximum Gasteiger partial charge on any atom is 0.299 e. The van der Waals surface area contributed by atoms with Crippen LogP contribution in [0.25, 0.3) is 61.2 Å². The van der Waals surface area contributed by atoms with Crippen molar-refractivity contribution in [2.45, 2.75) is 52.9 Å². The molecule has 2 heterocycles. The molecule has 0 N–H and O–H groups in total. The molecule has 1 aliphatic rings. The van der Waals surface area contributed by atoms with Crippen molar-refractivity contribution in [3.63, 3.8) is 0 Å². The van der Waals surface area contributed by atoms with E-state index in [0.717, 1.165) is 39.7 Å². The molecular formula is C46H43N2O+. The average Bonchev–Trinajstić information content (AvgIpc) is 3.50. The third-order valence-electron chi connectivity index (χ3n) is 10.2. The molecule has 0 amide bonds. The van der Waals surface area contributed by atoms with Gasteiger partial charge in [-0.15, -0.1) is 0 Å². The Hall–Kier alpha value is -5.41. The summed E-state index contributed by atoms with van der Waals surface area (Å²) >= 11 is 0. The zero-order valence-electron chi connectivity index (χ0n) is 29.3. The third-order valence-corrected chi connectivity index (χ3v) is 10.2. The number of imidazole rings is 1. The van der Waals surface area contributed by atoms with Gasteiger partial charge in [0.2, 0.25) is 0 Å². The molecule has 0 atom stereocenters. The highest BCUT2D eigenvalue weighted by Gasteiger charge is 2.34. The molecule has 2 aromatic heterocycles. The number of hydrogen-bond donors (Lipinski definition) is 0. The number of aryl methyl sites for hydroxylation is 2. The Morgan fingerprint density at radius 1 is 0.714 bits per heavy atom. The summed E-state index contributed by atoms with van der Waals surface area (Å²) in [5.74, 6) is 1.71. The van der Waals surface area contributed by atoms with Crippen molar-refractivity contribution >= 4 is 44.1 Å². The summed E-state index contributed by atoms with van der Waals surface area (Å²) in [5, 5.41) is 2.29. The predicted molar refractivity (Wildman–Crippen MR) is 206 cm³/mol. The monoisotopic (exact) mass is 639 g/mol. The van der Waals surface area contributed by atoms with E-state index in [-0.39, 0.29) is 0 Å². The van der Waals surface area contributed by atoms with Gasteiger partial charge in [-0.3, -0.25) is 0 Å². The molecule has 0 unspecified atom stereocenters. The normalized spacial score (nSPS) is 13.6. The Balaban J connectivity index is 1.42. The summed E-state index contributed by atoms with van der Waals surface area (Å²) in [4.78, 5) is 0. The number of aromatic nitrogens is 2. The quantitative estimate of drug-likeness (QED) is 0.166. The number of rotatable bonds is 6. The average molecular weight is 640 g/mol. The minimum absolute atomic E-state index is 0.292. The molecule has 0 radical (unpaired) electrons. The van der Waals surface area contributed by atoms with E-state index in [9.17, 15) is 0 Å². The molecule has 7 aromatic rings. The molecule has 5 aromatic carbocycles. The second kappa shape index (κ2) is 12.2. The van der Waals surface area contributed by atoms with Gasteiger partial charge >= 0.3 is 0 Å². The van der Waals surface area contributed by atoms with Crippen molar-refractivity contribution in [3.8, 4) is 17.1 Å². The van der Waals surface area contributed by atoms with Gasteiger partial charge in [0.1, 0.15) is 16.8 Å². The summed E-state index contributed by atoms with van der Waals surface area (Å²) in [5.41, 5.74) is 15.6. The van der Waals surface area contributed by atoms with Crippen LogP contribution in [0, 0.1) is 6.92 Å². The standard InChI is InChI=1S/C46H43N2O/c1-29(2)38-27-35(34-18-14-17-33(24-25-34)32-15-8-7-9-16-32)28-39(30(3)4)44(38)48-41-21-12-11-20-40(41)47(6)46(48)43-31(5)23-26-37-36-19-10-13-22-42(36)49-45(37)43/h7-16,18-30H,17H2,1-6H3/q+1. The maximum absolute atomic E-state index is 6.72. The molecule has 0 saturated carbocycles. The Morgan fingerprint density at radius 3 is 2.16 bits per heavy atom. The van der Waals surface area contributed by atoms with Gasteiger partial charge in [-0.25, -0.2) is 4.57 Å². The minimum atomic E-state index is 0.292. The molecule has 3 heteroatoms. The van der Waals surface area contributed by atoms with Crippen LogP contribution in [0.5, 0.6) is 0 Å². The molecule has 242 valence electrons. The van der Waals surface area contributed by atoms with Gasteiger partial charge in [-0.1, -0.05) is 125 Å². The number of allylic oxidation sites excluding steroid dienone is 6. The summed E-state index contributed by atoms with van der Waals surface area (Å²) in [6.07, 6.45) is 10.1. The highest BCUT2D eigenvalue weighted by atomic mass is 16.3. The first-order valence-electron chi connectivity index (χ1n) is 17.5. The summed E-state index contributed by atoms with van der Waals surface area (Å²) in [6.45, 7) is 11.5. The SMILES string of the molecule is Cc1ccc2c(oc3ccccc32)c1-c1n(-c2c(C(C)C)cc(C3=CC=C(c4ccccc4)CC=C3)cc2C(C)C)c2ccccc2[n+]1C. The van der Waals surface area contributed by atoms with Crippen LogP contribution in [0.4, 0.5) is 0 Å². The van der Waals surface area contributed by atoms with E-state index in [1.165, 1.54) is 55.7 Å². The first-order chi connectivity index (χ1) is 23.8. The summed E-state index contributed by atoms with van der Waals surface area (Å²) in [7, 11) is 2.20. The van der Waals surface area contributed by atoms with E-state index in [1.54, 1.807) is 0 Å². The van der Waals surface area contributed by atoms with Crippen molar-refractivity contribution < 1.29 is 8.98 Å². The lowest BCUT2D eigenvalue weighted by Crippen LogP contribution is -2.30. The largest absolute Gasteiger partial charge is 0.455 e. The first-order valence-corrected chi connectivity index (χ1v) is 17.5. The summed E-state index contributed by atoms with van der Waals surface area (Å²) in [6, 6.07) is 37.3. The zero-order chi connectivity index (χ0) is 33.8. The van der Waals surface area contributed by atoms with Crippen molar-refractivity contribution in [2.75, 3.05) is 0 Å². The minimum Gasteiger partial charge on any atom is -0.455 e. The fourth-order valence-electron chi connectivity index (χ4n) is 7.66. The second-order valence-corrected chi connectivity index (χ2v) is 14.0. The van der Waals surface area contributed by atoms with Crippen LogP contribution in [0.1, 0.15) is 73.8 Å². The van der Waals surface area contributed by atoms with Crippen molar-refractivity contribution in [1.82, 2.24) is 4.57 Å². The van der Waals surface area contributed by atoms with Crippen LogP contribution in [-0.4, -0.2) is 4.57 Å². The molecule has 0 saturated heterocycles. The fraction of sp³-hybridized carbons (Fsp3) is 0.196. The summed E-state index contributed by atoms with van der Waals surface area (Å²) < 4.78 is 11.6. The lowest BCUT2D eigenvalue weighted by atomic mass is 9.87. The van der Waals surface area contributed by atoms with Gasteiger partial charge < -0.3 is 4.42 Å². The Morgan fingerprint density at radius 2 is 1.41 bits per heavy atom. The predicted octanol–water partition coefficient (Wildman–Crippen LogP) is 12.0. The van der Waals surface area contributed by atoms with E-state index in [1.807, 2.05) is 0 Å². The van der Waals surface area contributed by atoms with E-state index in [4.69, 9.17) is 4.42 Å². The van der Waals surface area contributed by atoms with Crippen LogP contribution in [-0.2, 0) is 7.05 Å². The van der Waals surface area contributed by atoms with Crippen molar-refractivity contribution in [3.05, 3.63) is 155 Å². The number of furan rings is 1. The van der Waals surface area contributed by atoms with E-state index in [2.05, 4.69) is 178 Å². The molecule has 0 spiro atoms. The van der Waals surface area contributed by atoms with Crippen molar-refractivity contribution in [1.29, 1.82) is 0 Å². The number of fused-ring (bicyclic) bond motifs is 4. The van der Waals surface area contributed by atoms with Crippen LogP contribution in [0.2, 0.25) is 0 Å². The highest BCUT2D eigenvalue weighted by molar-refractivity contribution is 6.10. The molecule has 3 nitrogen and oxygen atoms in total. The Kier molecular flexibility index (Phi) is 7.72. The van der Waals surface area contributed by atoms with Crippen molar-refractivity contribution in [2.24, 2.45) is 7.05 Å². The van der Waals surface area contributed by atoms with Crippen LogP contribution in [0.3, 0.4) is 0 Å². The first kappa shape index (κ1) is 30.9. The van der Waals surface area contributed by atoms with E-state index < -0.39 is 0 Å². The van der Waals surface area contributed by atoms with E-state index >= 15 is 0 Å². The van der Waals surface area contributed by atoms with E-state index in [0.29, 0.717) is 11.8 Å². The molecule has 0 aliphatic heterocycles. The molecule has 0 fully saturated rings. The van der Waals surface area contributed by atoms with Gasteiger partial charge in [-0.05, 0) is 83.3 Å². The Labute approximate surface area is 289 Å². The lowest BCUT2D eigenvalue weighted by molar-refractivity contribution is -0.633. The van der Waals surface area contributed by atoms with Gasteiger partial charge in [0.25, 0.3) is 5.82 Å². The van der Waals surface area contributed by atoms with Crippen LogP contribution >= 0.6 is 0 Å². The Bertz CT molecular complexity index is 2450. The highest BCUT2D eigenvalue weighted by Crippen LogP contribution is 2.43. The number of para-hydroxylation sites is 3. The van der Waals surface area contributed by atoms with Gasteiger partial charge in [0, 0.05) is 21.9 Å². The number of nitrogens with zero attached hydrogens (tertiary/aromatic N) is 2. The molecule has 1 aliphatic carbocycles. The topological polar surface area (TPSA) is 21.9 Å². The maximum atomic E-state index is 6.72. The second-order valence-electron chi connectivity index (χ2n) is 14.0. The number of benzene rings is 5. The molecule has 0 bridgehead atoms. The third kappa shape index (κ3) is 5.16. The van der Waals surface area contributed by atoms with Gasteiger partial charge in [-0.2, -0.15) is 4.57 Å². The lowest BCUT2D eigenvalue weighted by Gasteiger charge is -2.21. The van der Waals surface area contributed by atoms with Crippen LogP contribution in [0.15, 0.2) is 132 Å². The van der Waals surface area contributed by atoms with Gasteiger partial charge in [0.05, 0.1) is 7.05 Å². The molecule has 49 heavy (non-hydrogen) atoms. The zero-order valence-corrected chi connectivity index (χ0v) is 29.3. The molecule has 8 rings (SSSR count).